The summed E-state index contributed by atoms with van der Waals surface area (Å²) in [7, 11) is -0.285. The van der Waals surface area contributed by atoms with Crippen LogP contribution in [-0.2, 0) is 21.6 Å². The molecule has 1 saturated heterocycles. The number of nitrogens with zero attached hydrogens (tertiary/aromatic N) is 5. The molecule has 1 amide bonds. The predicted molar refractivity (Wildman–Crippen MR) is 144 cm³/mol. The third kappa shape index (κ3) is 4.35. The third-order valence-electron chi connectivity index (χ3n) is 6.27. The Hall–Kier alpha value is -4.05. The van der Waals surface area contributed by atoms with Crippen LogP contribution in [0.4, 0.5) is 17.3 Å². The van der Waals surface area contributed by atoms with Gasteiger partial charge >= 0.3 is 0 Å². The first kappa shape index (κ1) is 23.7. The van der Waals surface area contributed by atoms with Crippen LogP contribution >= 0.6 is 0 Å². The number of nitrogens with one attached hydrogen (secondary N) is 1. The smallest absolute Gasteiger partial charge is 0.250 e. The van der Waals surface area contributed by atoms with Gasteiger partial charge in [-0.3, -0.25) is 4.79 Å². The van der Waals surface area contributed by atoms with Crippen molar-refractivity contribution in [3.63, 3.8) is 0 Å². The number of aryl methyl sites for hydroxylation is 1. The fourth-order valence-corrected chi connectivity index (χ4v) is 6.60. The maximum atomic E-state index is 12.8. The van der Waals surface area contributed by atoms with E-state index in [2.05, 4.69) is 31.2 Å². The Morgan fingerprint density at radius 3 is 2.42 bits per heavy atom. The van der Waals surface area contributed by atoms with Gasteiger partial charge in [0, 0.05) is 47.1 Å². The molecule has 1 fully saturated rings. The third-order valence-corrected chi connectivity index (χ3v) is 8.65. The predicted octanol–water partition coefficient (Wildman–Crippen LogP) is 4.69. The number of carbonyl (C=O) groups is 1. The van der Waals surface area contributed by atoms with Crippen LogP contribution in [0.5, 0.6) is 0 Å². The van der Waals surface area contributed by atoms with Gasteiger partial charge in [-0.15, -0.1) is 0 Å². The Kier molecular flexibility index (Phi) is 6.05. The van der Waals surface area contributed by atoms with Gasteiger partial charge in [0.15, 0.2) is 5.82 Å². The zero-order valence-electron chi connectivity index (χ0n) is 20.2. The molecule has 0 unspecified atom stereocenters. The normalized spacial score (nSPS) is 14.6. The summed E-state index contributed by atoms with van der Waals surface area (Å²) in [5.41, 5.74) is 11.6. The lowest BCUT2D eigenvalue weighted by molar-refractivity contribution is -0.112. The highest BCUT2D eigenvalue weighted by Crippen LogP contribution is 2.41. The SMILES string of the molecule is C=C(C)C(=O)Nc1ccc(-c2c(-c3ccc(N=S4(=O)CCCC4)nc3)c3c(N)ncnc3n2C)cc1. The largest absolute Gasteiger partial charge is 0.383 e. The Morgan fingerprint density at radius 2 is 1.78 bits per heavy atom. The topological polar surface area (TPSA) is 128 Å². The van der Waals surface area contributed by atoms with E-state index in [0.717, 1.165) is 40.6 Å². The van der Waals surface area contributed by atoms with E-state index in [-0.39, 0.29) is 5.91 Å². The minimum Gasteiger partial charge on any atom is -0.383 e. The van der Waals surface area contributed by atoms with Crippen LogP contribution in [0, 0.1) is 0 Å². The van der Waals surface area contributed by atoms with Crippen LogP contribution in [0.1, 0.15) is 19.8 Å². The lowest BCUT2D eigenvalue weighted by atomic mass is 10.00. The van der Waals surface area contributed by atoms with Gasteiger partial charge in [-0.25, -0.2) is 19.2 Å². The summed E-state index contributed by atoms with van der Waals surface area (Å²) >= 11 is 0. The van der Waals surface area contributed by atoms with Crippen LogP contribution in [0.3, 0.4) is 0 Å². The number of hydrogen-bond donors (Lipinski definition) is 2. The van der Waals surface area contributed by atoms with E-state index in [1.165, 1.54) is 6.33 Å². The van der Waals surface area contributed by atoms with E-state index in [1.54, 1.807) is 19.2 Å². The van der Waals surface area contributed by atoms with E-state index in [9.17, 15) is 9.00 Å². The highest BCUT2D eigenvalue weighted by molar-refractivity contribution is 7.93. The number of aromatic nitrogens is 4. The number of fused-ring (bicyclic) bond motifs is 1. The van der Waals surface area contributed by atoms with Crippen molar-refractivity contribution >= 4 is 44.0 Å². The minimum absolute atomic E-state index is 0.230. The number of nitrogen functional groups attached to an aromatic ring is 1. The molecule has 1 aliphatic rings. The van der Waals surface area contributed by atoms with Crippen molar-refractivity contribution in [3.05, 3.63) is 61.1 Å². The highest BCUT2D eigenvalue weighted by Gasteiger charge is 2.22. The Balaban J connectivity index is 1.62. The molecule has 4 aromatic rings. The van der Waals surface area contributed by atoms with Crippen LogP contribution in [0.15, 0.2) is 65.4 Å². The molecule has 36 heavy (non-hydrogen) atoms. The molecule has 4 heterocycles. The fourth-order valence-electron chi connectivity index (χ4n) is 4.45. The van der Waals surface area contributed by atoms with E-state index in [0.29, 0.717) is 40.0 Å². The standard InChI is InChI=1S/C26H27N7O2S/c1-16(2)26(34)31-19-9-6-17(7-10-19)23-21(22-24(27)29-15-30-25(22)33(23)3)18-8-11-20(28-14-18)32-36(35)12-4-5-13-36/h6-11,14-15H,1,4-5,12-13H2,2-3H3,(H,31,34)(H2,27,29,30). The van der Waals surface area contributed by atoms with Crippen molar-refractivity contribution in [1.82, 2.24) is 19.5 Å². The van der Waals surface area contributed by atoms with Gasteiger partial charge in [-0.1, -0.05) is 18.7 Å². The number of nitrogens with two attached hydrogens (primary N) is 1. The minimum atomic E-state index is -2.21. The molecule has 0 spiro atoms. The summed E-state index contributed by atoms with van der Waals surface area (Å²) in [5.74, 6) is 1.85. The van der Waals surface area contributed by atoms with Crippen molar-refractivity contribution in [1.29, 1.82) is 0 Å². The lowest BCUT2D eigenvalue weighted by Crippen LogP contribution is -2.11. The van der Waals surface area contributed by atoms with Crippen molar-refractivity contribution in [2.24, 2.45) is 11.4 Å². The second-order valence-electron chi connectivity index (χ2n) is 8.94. The molecular formula is C26H27N7O2S. The molecule has 0 bridgehead atoms. The number of carbonyl (C=O) groups excluding carboxylic acids is 1. The molecule has 9 nitrogen and oxygen atoms in total. The van der Waals surface area contributed by atoms with Crippen molar-refractivity contribution in [3.8, 4) is 22.4 Å². The Morgan fingerprint density at radius 1 is 1.08 bits per heavy atom. The van der Waals surface area contributed by atoms with Crippen LogP contribution in [0.2, 0.25) is 0 Å². The van der Waals surface area contributed by atoms with Gasteiger partial charge in [-0.05, 0) is 49.6 Å². The Bertz CT molecular complexity index is 1600. The van der Waals surface area contributed by atoms with Crippen LogP contribution in [-0.4, -0.2) is 41.1 Å². The maximum absolute atomic E-state index is 12.8. The summed E-state index contributed by atoms with van der Waals surface area (Å²) < 4.78 is 19.3. The van der Waals surface area contributed by atoms with Gasteiger partial charge < -0.3 is 15.6 Å². The maximum Gasteiger partial charge on any atom is 0.250 e. The highest BCUT2D eigenvalue weighted by atomic mass is 32.2. The number of pyridine rings is 1. The van der Waals surface area contributed by atoms with E-state index in [4.69, 9.17) is 5.73 Å². The van der Waals surface area contributed by atoms with Gasteiger partial charge in [0.1, 0.15) is 17.8 Å². The summed E-state index contributed by atoms with van der Waals surface area (Å²) in [5, 5.41) is 3.55. The van der Waals surface area contributed by atoms with E-state index in [1.807, 2.05) is 41.9 Å². The first-order valence-electron chi connectivity index (χ1n) is 11.6. The molecule has 0 radical (unpaired) electrons. The monoisotopic (exact) mass is 501 g/mol. The number of rotatable bonds is 5. The fraction of sp³-hybridized carbons (Fsp3) is 0.231. The van der Waals surface area contributed by atoms with Gasteiger partial charge in [0.2, 0.25) is 0 Å². The second-order valence-corrected chi connectivity index (χ2v) is 11.5. The number of amides is 1. The van der Waals surface area contributed by atoms with E-state index >= 15 is 0 Å². The molecule has 0 aliphatic carbocycles. The molecule has 3 N–H and O–H groups in total. The summed E-state index contributed by atoms with van der Waals surface area (Å²) in [4.78, 5) is 25.2. The van der Waals surface area contributed by atoms with Gasteiger partial charge in [0.05, 0.1) is 20.8 Å². The first-order valence-corrected chi connectivity index (χ1v) is 13.5. The van der Waals surface area contributed by atoms with Crippen LogP contribution < -0.4 is 11.1 Å². The molecule has 3 aromatic heterocycles. The van der Waals surface area contributed by atoms with Crippen molar-refractivity contribution < 1.29 is 9.00 Å². The molecule has 10 heteroatoms. The van der Waals surface area contributed by atoms with Gasteiger partial charge in [0.25, 0.3) is 5.91 Å². The van der Waals surface area contributed by atoms with E-state index < -0.39 is 9.73 Å². The second kappa shape index (κ2) is 9.19. The summed E-state index contributed by atoms with van der Waals surface area (Å²) in [6.45, 7) is 5.34. The van der Waals surface area contributed by atoms with Crippen molar-refractivity contribution in [2.45, 2.75) is 19.8 Å². The quantitative estimate of drug-likeness (QED) is 0.382. The zero-order valence-corrected chi connectivity index (χ0v) is 21.0. The number of hydrogen-bond acceptors (Lipinski definition) is 7. The Labute approximate surface area is 209 Å². The average Bonchev–Trinajstić information content (AvgIpc) is 3.42. The van der Waals surface area contributed by atoms with Gasteiger partial charge in [-0.2, -0.15) is 4.36 Å². The lowest BCUT2D eigenvalue weighted by Gasteiger charge is -2.11. The molecule has 1 aliphatic heterocycles. The number of anilines is 2. The zero-order chi connectivity index (χ0) is 25.4. The summed E-state index contributed by atoms with van der Waals surface area (Å²) in [6.07, 6.45) is 5.05. The summed E-state index contributed by atoms with van der Waals surface area (Å²) in [6, 6.07) is 11.2. The first-order chi connectivity index (χ1) is 17.3. The molecule has 184 valence electrons. The molecule has 0 atom stereocenters. The molecule has 5 rings (SSSR count). The number of benzene rings is 1. The molecule has 0 saturated carbocycles. The van der Waals surface area contributed by atoms with Crippen LogP contribution in [0.25, 0.3) is 33.4 Å². The van der Waals surface area contributed by atoms with Crippen molar-refractivity contribution in [2.75, 3.05) is 22.6 Å². The average molecular weight is 502 g/mol. The molecular weight excluding hydrogens is 474 g/mol. The molecule has 1 aromatic carbocycles.